The van der Waals surface area contributed by atoms with Crippen molar-refractivity contribution in [2.75, 3.05) is 30.3 Å². The predicted molar refractivity (Wildman–Crippen MR) is 86.9 cm³/mol. The van der Waals surface area contributed by atoms with Crippen LogP contribution in [-0.4, -0.2) is 28.1 Å². The number of anilines is 2. The number of nitrogen functional groups attached to an aromatic ring is 1. The van der Waals surface area contributed by atoms with Crippen molar-refractivity contribution in [1.29, 1.82) is 0 Å². The first-order chi connectivity index (χ1) is 9.97. The predicted octanol–water partition coefficient (Wildman–Crippen LogP) is 2.19. The second-order valence-corrected chi connectivity index (χ2v) is 7.38. The van der Waals surface area contributed by atoms with E-state index in [0.29, 0.717) is 12.2 Å². The van der Waals surface area contributed by atoms with Crippen molar-refractivity contribution in [2.45, 2.75) is 38.0 Å². The molecule has 1 aliphatic carbocycles. The standard InChI is InChI=1S/C15H25N3O2S/c1-3-9-18(11-12-5-6-12)15-10-13(7-8-14(15)16)21(19,20)17-4-2/h7-8,10,12,17H,3-6,9,11,16H2,1-2H3. The van der Waals surface area contributed by atoms with Gasteiger partial charge in [0.25, 0.3) is 0 Å². The fourth-order valence-corrected chi connectivity index (χ4v) is 3.49. The van der Waals surface area contributed by atoms with Gasteiger partial charge in [-0.25, -0.2) is 13.1 Å². The average molecular weight is 311 g/mol. The van der Waals surface area contributed by atoms with Crippen LogP contribution in [0, 0.1) is 5.92 Å². The lowest BCUT2D eigenvalue weighted by Gasteiger charge is -2.26. The van der Waals surface area contributed by atoms with E-state index < -0.39 is 10.0 Å². The van der Waals surface area contributed by atoms with Gasteiger partial charge in [0.1, 0.15) is 0 Å². The normalized spacial score (nSPS) is 15.1. The van der Waals surface area contributed by atoms with Crippen LogP contribution >= 0.6 is 0 Å². The molecular weight excluding hydrogens is 286 g/mol. The molecule has 6 heteroatoms. The van der Waals surface area contributed by atoms with Gasteiger partial charge in [0.05, 0.1) is 16.3 Å². The first-order valence-electron chi connectivity index (χ1n) is 7.62. The van der Waals surface area contributed by atoms with Gasteiger partial charge in [-0.05, 0) is 43.4 Å². The van der Waals surface area contributed by atoms with Crippen LogP contribution in [0.3, 0.4) is 0 Å². The molecule has 0 aliphatic heterocycles. The summed E-state index contributed by atoms with van der Waals surface area (Å²) in [5.74, 6) is 0.727. The molecular formula is C15H25N3O2S. The molecule has 0 aromatic heterocycles. The van der Waals surface area contributed by atoms with E-state index in [0.717, 1.165) is 31.1 Å². The Hall–Kier alpha value is -1.27. The van der Waals surface area contributed by atoms with Gasteiger partial charge in [0, 0.05) is 19.6 Å². The molecule has 1 aromatic carbocycles. The van der Waals surface area contributed by atoms with Gasteiger partial charge >= 0.3 is 0 Å². The highest BCUT2D eigenvalue weighted by Crippen LogP contribution is 2.34. The number of hydrogen-bond donors (Lipinski definition) is 2. The van der Waals surface area contributed by atoms with E-state index in [9.17, 15) is 8.42 Å². The summed E-state index contributed by atoms with van der Waals surface area (Å²) in [5.41, 5.74) is 7.55. The van der Waals surface area contributed by atoms with E-state index >= 15 is 0 Å². The SMILES string of the molecule is CCCN(CC1CC1)c1cc(S(=O)(=O)NCC)ccc1N. The third kappa shape index (κ3) is 4.11. The molecule has 0 spiro atoms. The van der Waals surface area contributed by atoms with Crippen molar-refractivity contribution in [3.63, 3.8) is 0 Å². The molecule has 0 bridgehead atoms. The molecule has 0 atom stereocenters. The topological polar surface area (TPSA) is 75.4 Å². The molecule has 0 heterocycles. The van der Waals surface area contributed by atoms with Crippen molar-refractivity contribution < 1.29 is 8.42 Å². The van der Waals surface area contributed by atoms with Gasteiger partial charge in [0.15, 0.2) is 0 Å². The number of benzene rings is 1. The van der Waals surface area contributed by atoms with Crippen molar-refractivity contribution in [3.05, 3.63) is 18.2 Å². The molecule has 0 unspecified atom stereocenters. The van der Waals surface area contributed by atoms with Gasteiger partial charge < -0.3 is 10.6 Å². The maximum absolute atomic E-state index is 12.1. The molecule has 0 saturated heterocycles. The maximum Gasteiger partial charge on any atom is 0.240 e. The lowest BCUT2D eigenvalue weighted by atomic mass is 10.2. The van der Waals surface area contributed by atoms with Crippen LogP contribution in [0.25, 0.3) is 0 Å². The van der Waals surface area contributed by atoms with Crippen LogP contribution in [0.4, 0.5) is 11.4 Å². The van der Waals surface area contributed by atoms with E-state index in [4.69, 9.17) is 5.73 Å². The number of nitrogens with two attached hydrogens (primary N) is 1. The molecule has 1 aromatic rings. The van der Waals surface area contributed by atoms with Crippen LogP contribution in [0.1, 0.15) is 33.1 Å². The fraction of sp³-hybridized carbons (Fsp3) is 0.600. The Balaban J connectivity index is 2.32. The Labute approximate surface area is 127 Å². The minimum atomic E-state index is -3.44. The third-order valence-corrected chi connectivity index (χ3v) is 5.20. The number of rotatable bonds is 8. The zero-order valence-corrected chi connectivity index (χ0v) is 13.6. The number of sulfonamides is 1. The number of nitrogens with zero attached hydrogens (tertiary/aromatic N) is 1. The smallest absolute Gasteiger partial charge is 0.240 e. The Morgan fingerprint density at radius 2 is 2.05 bits per heavy atom. The van der Waals surface area contributed by atoms with Crippen molar-refractivity contribution >= 4 is 21.4 Å². The molecule has 1 saturated carbocycles. The monoisotopic (exact) mass is 311 g/mol. The molecule has 2 rings (SSSR count). The Morgan fingerprint density at radius 1 is 1.33 bits per heavy atom. The number of nitrogens with one attached hydrogen (secondary N) is 1. The van der Waals surface area contributed by atoms with Crippen LogP contribution in [0.2, 0.25) is 0 Å². The Bertz CT molecular complexity index is 583. The van der Waals surface area contributed by atoms with Crippen molar-refractivity contribution in [2.24, 2.45) is 5.92 Å². The molecule has 0 amide bonds. The zero-order chi connectivity index (χ0) is 15.5. The van der Waals surface area contributed by atoms with Crippen LogP contribution in [0.5, 0.6) is 0 Å². The summed E-state index contributed by atoms with van der Waals surface area (Å²) < 4.78 is 26.8. The number of hydrogen-bond acceptors (Lipinski definition) is 4. The van der Waals surface area contributed by atoms with Gasteiger partial charge in [-0.1, -0.05) is 13.8 Å². The van der Waals surface area contributed by atoms with Gasteiger partial charge in [-0.15, -0.1) is 0 Å². The molecule has 3 N–H and O–H groups in total. The summed E-state index contributed by atoms with van der Waals surface area (Å²) in [7, 11) is -3.44. The molecule has 1 fully saturated rings. The molecule has 118 valence electrons. The van der Waals surface area contributed by atoms with E-state index in [2.05, 4.69) is 16.5 Å². The Morgan fingerprint density at radius 3 is 2.62 bits per heavy atom. The highest BCUT2D eigenvalue weighted by Gasteiger charge is 2.25. The third-order valence-electron chi connectivity index (χ3n) is 3.66. The second-order valence-electron chi connectivity index (χ2n) is 5.61. The van der Waals surface area contributed by atoms with Crippen LogP contribution < -0.4 is 15.4 Å². The lowest BCUT2D eigenvalue weighted by Crippen LogP contribution is -2.28. The van der Waals surface area contributed by atoms with E-state index in [1.54, 1.807) is 25.1 Å². The average Bonchev–Trinajstić information content (AvgIpc) is 3.22. The van der Waals surface area contributed by atoms with E-state index in [-0.39, 0.29) is 4.90 Å². The molecule has 21 heavy (non-hydrogen) atoms. The summed E-state index contributed by atoms with van der Waals surface area (Å²) in [6.45, 7) is 6.12. The fourth-order valence-electron chi connectivity index (χ4n) is 2.43. The maximum atomic E-state index is 12.1. The summed E-state index contributed by atoms with van der Waals surface area (Å²) >= 11 is 0. The minimum absolute atomic E-state index is 0.283. The van der Waals surface area contributed by atoms with Crippen molar-refractivity contribution in [1.82, 2.24) is 4.72 Å². The quantitative estimate of drug-likeness (QED) is 0.722. The van der Waals surface area contributed by atoms with Crippen LogP contribution in [0.15, 0.2) is 23.1 Å². The second kappa shape index (κ2) is 6.66. The van der Waals surface area contributed by atoms with E-state index in [1.165, 1.54) is 12.8 Å². The summed E-state index contributed by atoms with van der Waals surface area (Å²) in [4.78, 5) is 2.50. The first kappa shape index (κ1) is 16.1. The highest BCUT2D eigenvalue weighted by atomic mass is 32.2. The molecule has 5 nitrogen and oxygen atoms in total. The van der Waals surface area contributed by atoms with Gasteiger partial charge in [-0.3, -0.25) is 0 Å². The summed E-state index contributed by atoms with van der Waals surface area (Å²) in [6, 6.07) is 4.96. The Kier molecular flexibility index (Phi) is 5.11. The van der Waals surface area contributed by atoms with E-state index in [1.807, 2.05) is 0 Å². The molecule has 0 radical (unpaired) electrons. The summed E-state index contributed by atoms with van der Waals surface area (Å²) in [5, 5.41) is 0. The highest BCUT2D eigenvalue weighted by molar-refractivity contribution is 7.89. The minimum Gasteiger partial charge on any atom is -0.397 e. The first-order valence-corrected chi connectivity index (χ1v) is 9.10. The van der Waals surface area contributed by atoms with Gasteiger partial charge in [0.2, 0.25) is 10.0 Å². The zero-order valence-electron chi connectivity index (χ0n) is 12.8. The van der Waals surface area contributed by atoms with Crippen LogP contribution in [-0.2, 0) is 10.0 Å². The summed E-state index contributed by atoms with van der Waals surface area (Å²) in [6.07, 6.45) is 3.53. The lowest BCUT2D eigenvalue weighted by molar-refractivity contribution is 0.584. The van der Waals surface area contributed by atoms with Crippen molar-refractivity contribution in [3.8, 4) is 0 Å². The largest absolute Gasteiger partial charge is 0.397 e. The molecule has 1 aliphatic rings. The van der Waals surface area contributed by atoms with Gasteiger partial charge in [-0.2, -0.15) is 0 Å².